The van der Waals surface area contributed by atoms with Gasteiger partial charge in [-0.3, -0.25) is 4.98 Å². The lowest BCUT2D eigenvalue weighted by molar-refractivity contribution is 0.00669. The molecule has 27 heavy (non-hydrogen) atoms. The fourth-order valence-electron chi connectivity index (χ4n) is 3.01. The van der Waals surface area contributed by atoms with Crippen LogP contribution in [-0.4, -0.2) is 42.1 Å². The van der Waals surface area contributed by atoms with Crippen molar-refractivity contribution in [3.8, 4) is 10.6 Å². The van der Waals surface area contributed by atoms with Gasteiger partial charge in [0.2, 0.25) is 0 Å². The molecule has 0 aromatic carbocycles. The molecular weight excluding hydrogens is 386 g/mol. The molecule has 142 valence electrons. The second-order valence-corrected chi connectivity index (χ2v) is 9.50. The molecule has 4 rings (SSSR count). The first-order valence-corrected chi connectivity index (χ1v) is 10.9. The highest BCUT2D eigenvalue weighted by Gasteiger charge is 2.32. The van der Waals surface area contributed by atoms with Crippen molar-refractivity contribution in [2.24, 2.45) is 0 Å². The van der Waals surface area contributed by atoms with Gasteiger partial charge in [0.1, 0.15) is 4.21 Å². The molecule has 3 aromatic rings. The molecule has 0 radical (unpaired) electrons. The molecule has 1 fully saturated rings. The zero-order valence-electron chi connectivity index (χ0n) is 14.5. The Labute approximate surface area is 161 Å². The Balaban J connectivity index is 1.44. The molecule has 4 heterocycles. The van der Waals surface area contributed by atoms with Crippen LogP contribution in [0.2, 0.25) is 0 Å². The van der Waals surface area contributed by atoms with E-state index in [9.17, 15) is 8.42 Å². The van der Waals surface area contributed by atoms with E-state index in [4.69, 9.17) is 9.26 Å². The minimum absolute atomic E-state index is 0.135. The summed E-state index contributed by atoms with van der Waals surface area (Å²) in [6.07, 6.45) is 4.74. The number of thiophene rings is 1. The second-order valence-electron chi connectivity index (χ2n) is 6.25. The Morgan fingerprint density at radius 3 is 2.93 bits per heavy atom. The lowest BCUT2D eigenvalue weighted by Gasteiger charge is -2.31. The number of piperidine rings is 1. The lowest BCUT2D eigenvalue weighted by Crippen LogP contribution is -2.42. The van der Waals surface area contributed by atoms with Crippen LogP contribution >= 0.6 is 11.3 Å². The van der Waals surface area contributed by atoms with E-state index < -0.39 is 10.0 Å². The Bertz CT molecular complexity index is 971. The fourth-order valence-corrected chi connectivity index (χ4v) is 5.94. The summed E-state index contributed by atoms with van der Waals surface area (Å²) in [4.78, 5) is 4.98. The Kier molecular flexibility index (Phi) is 5.35. The van der Waals surface area contributed by atoms with Crippen molar-refractivity contribution in [2.75, 3.05) is 13.1 Å². The number of ether oxygens (including phenoxy) is 1. The maximum atomic E-state index is 13.0. The Hall–Kier alpha value is -2.07. The maximum Gasteiger partial charge on any atom is 0.252 e. The predicted octanol–water partition coefficient (Wildman–Crippen LogP) is 3.17. The number of nitrogens with zero attached hydrogens (tertiary/aromatic N) is 3. The zero-order valence-corrected chi connectivity index (χ0v) is 16.2. The molecule has 1 saturated heterocycles. The zero-order chi connectivity index (χ0) is 18.7. The summed E-state index contributed by atoms with van der Waals surface area (Å²) < 4.78 is 38.9. The first-order valence-electron chi connectivity index (χ1n) is 8.65. The third-order valence-corrected chi connectivity index (χ3v) is 7.82. The summed E-state index contributed by atoms with van der Waals surface area (Å²) >= 11 is 1.19. The number of hydrogen-bond donors (Lipinski definition) is 0. The van der Waals surface area contributed by atoms with E-state index in [0.717, 1.165) is 23.4 Å². The Morgan fingerprint density at radius 1 is 1.22 bits per heavy atom. The van der Waals surface area contributed by atoms with Crippen molar-refractivity contribution < 1.29 is 17.7 Å². The fraction of sp³-hybridized carbons (Fsp3) is 0.333. The summed E-state index contributed by atoms with van der Waals surface area (Å²) in [5.74, 6) is 0.566. The summed E-state index contributed by atoms with van der Waals surface area (Å²) in [6.45, 7) is 1.24. The van der Waals surface area contributed by atoms with Gasteiger partial charge in [-0.05, 0) is 37.1 Å². The molecule has 9 heteroatoms. The molecule has 7 nitrogen and oxygen atoms in total. The molecule has 1 atom stereocenters. The van der Waals surface area contributed by atoms with E-state index in [1.807, 2.05) is 18.2 Å². The van der Waals surface area contributed by atoms with Crippen LogP contribution in [0, 0.1) is 0 Å². The van der Waals surface area contributed by atoms with Gasteiger partial charge in [0.05, 0.1) is 29.5 Å². The van der Waals surface area contributed by atoms with Crippen LogP contribution in [0.3, 0.4) is 0 Å². The molecule has 0 N–H and O–H groups in total. The second kappa shape index (κ2) is 7.89. The van der Waals surface area contributed by atoms with Gasteiger partial charge >= 0.3 is 0 Å². The van der Waals surface area contributed by atoms with Crippen LogP contribution in [0.1, 0.15) is 18.5 Å². The maximum absolute atomic E-state index is 13.0. The van der Waals surface area contributed by atoms with Crippen molar-refractivity contribution in [3.05, 3.63) is 54.5 Å². The van der Waals surface area contributed by atoms with E-state index >= 15 is 0 Å². The van der Waals surface area contributed by atoms with Crippen molar-refractivity contribution in [1.29, 1.82) is 0 Å². The van der Waals surface area contributed by atoms with Crippen LogP contribution < -0.4 is 0 Å². The molecule has 0 aliphatic carbocycles. The SMILES string of the molecule is O=S(=O)(c1ccc(-c2ccno2)s1)N1CCCC(OCc2ccccn2)C1. The van der Waals surface area contributed by atoms with E-state index in [-0.39, 0.29) is 6.10 Å². The molecule has 0 amide bonds. The summed E-state index contributed by atoms with van der Waals surface area (Å²) in [5.41, 5.74) is 0.840. The standard InChI is InChI=1S/C18H19N3O4S2/c22-27(23,18-7-6-17(26-18)16-8-10-20-25-16)21-11-3-5-15(12-21)24-13-14-4-1-2-9-19-14/h1-2,4,6-10,15H,3,5,11-13H2. The van der Waals surface area contributed by atoms with Gasteiger partial charge in [-0.15, -0.1) is 11.3 Å². The van der Waals surface area contributed by atoms with Gasteiger partial charge in [0, 0.05) is 25.4 Å². The van der Waals surface area contributed by atoms with Crippen molar-refractivity contribution in [3.63, 3.8) is 0 Å². The summed E-state index contributed by atoms with van der Waals surface area (Å²) in [7, 11) is -3.55. The highest BCUT2D eigenvalue weighted by atomic mass is 32.2. The van der Waals surface area contributed by atoms with Gasteiger partial charge in [-0.25, -0.2) is 8.42 Å². The first-order chi connectivity index (χ1) is 13.1. The van der Waals surface area contributed by atoms with E-state index in [2.05, 4.69) is 10.1 Å². The molecule has 0 bridgehead atoms. The summed E-state index contributed by atoms with van der Waals surface area (Å²) in [5, 5.41) is 3.67. The molecule has 0 saturated carbocycles. The average Bonchev–Trinajstić information content (AvgIpc) is 3.39. The monoisotopic (exact) mass is 405 g/mol. The van der Waals surface area contributed by atoms with E-state index in [1.54, 1.807) is 24.4 Å². The van der Waals surface area contributed by atoms with Crippen molar-refractivity contribution >= 4 is 21.4 Å². The first kappa shape index (κ1) is 18.3. The molecule has 0 spiro atoms. The number of hydrogen-bond acceptors (Lipinski definition) is 7. The molecule has 1 aliphatic rings. The molecular formula is C18H19N3O4S2. The lowest BCUT2D eigenvalue weighted by atomic mass is 10.1. The minimum atomic E-state index is -3.55. The molecule has 3 aromatic heterocycles. The van der Waals surface area contributed by atoms with E-state index in [1.165, 1.54) is 21.8 Å². The van der Waals surface area contributed by atoms with Gasteiger partial charge in [-0.1, -0.05) is 11.2 Å². The van der Waals surface area contributed by atoms with Gasteiger partial charge < -0.3 is 9.26 Å². The van der Waals surface area contributed by atoms with Crippen molar-refractivity contribution in [1.82, 2.24) is 14.4 Å². The van der Waals surface area contributed by atoms with Gasteiger partial charge in [0.25, 0.3) is 10.0 Å². The number of sulfonamides is 1. The quantitative estimate of drug-likeness (QED) is 0.626. The van der Waals surface area contributed by atoms with E-state index in [0.29, 0.717) is 29.7 Å². The van der Waals surface area contributed by atoms with Crippen LogP contribution in [0.25, 0.3) is 10.6 Å². The molecule has 1 unspecified atom stereocenters. The smallest absolute Gasteiger partial charge is 0.252 e. The summed E-state index contributed by atoms with van der Waals surface area (Å²) in [6, 6.07) is 10.7. The largest absolute Gasteiger partial charge is 0.371 e. The topological polar surface area (TPSA) is 85.5 Å². The minimum Gasteiger partial charge on any atom is -0.371 e. The Morgan fingerprint density at radius 2 is 2.15 bits per heavy atom. The van der Waals surface area contributed by atoms with Crippen LogP contribution in [0.5, 0.6) is 0 Å². The van der Waals surface area contributed by atoms with Crippen LogP contribution in [0.4, 0.5) is 0 Å². The number of pyridine rings is 1. The third-order valence-electron chi connectivity index (χ3n) is 4.39. The molecule has 1 aliphatic heterocycles. The highest BCUT2D eigenvalue weighted by Crippen LogP contribution is 2.33. The van der Waals surface area contributed by atoms with Gasteiger partial charge in [-0.2, -0.15) is 4.31 Å². The highest BCUT2D eigenvalue weighted by molar-refractivity contribution is 7.91. The van der Waals surface area contributed by atoms with Gasteiger partial charge in [0.15, 0.2) is 5.76 Å². The average molecular weight is 406 g/mol. The normalized spacial score (nSPS) is 18.6. The van der Waals surface area contributed by atoms with Crippen LogP contribution in [0.15, 0.2) is 57.5 Å². The predicted molar refractivity (Wildman–Crippen MR) is 101 cm³/mol. The van der Waals surface area contributed by atoms with Crippen LogP contribution in [-0.2, 0) is 21.4 Å². The number of aromatic nitrogens is 2. The third kappa shape index (κ3) is 4.11. The van der Waals surface area contributed by atoms with Crippen molar-refractivity contribution in [2.45, 2.75) is 29.8 Å². The number of rotatable bonds is 6.